The van der Waals surface area contributed by atoms with Crippen LogP contribution in [0.4, 0.5) is 5.69 Å². The highest BCUT2D eigenvalue weighted by Gasteiger charge is 2.22. The summed E-state index contributed by atoms with van der Waals surface area (Å²) >= 11 is 0. The number of amides is 2. The Morgan fingerprint density at radius 2 is 1.85 bits per heavy atom. The molecule has 0 spiro atoms. The number of nitrogens with one attached hydrogen (secondary N) is 1. The van der Waals surface area contributed by atoms with Gasteiger partial charge in [0, 0.05) is 43.9 Å². The molecule has 2 amide bonds. The van der Waals surface area contributed by atoms with Gasteiger partial charge in [0.15, 0.2) is 0 Å². The molecular formula is C21H31N3O2. The normalized spacial score (nSPS) is 24.1. The van der Waals surface area contributed by atoms with Crippen molar-refractivity contribution in [3.8, 4) is 0 Å². The first-order chi connectivity index (χ1) is 12.5. The molecule has 5 nitrogen and oxygen atoms in total. The first-order valence-corrected chi connectivity index (χ1v) is 9.94. The number of piperidine rings is 1. The van der Waals surface area contributed by atoms with Crippen LogP contribution >= 0.6 is 0 Å². The van der Waals surface area contributed by atoms with Gasteiger partial charge in [0.05, 0.1) is 0 Å². The molecule has 2 atom stereocenters. The third-order valence-corrected chi connectivity index (χ3v) is 5.40. The number of rotatable bonds is 6. The van der Waals surface area contributed by atoms with E-state index < -0.39 is 0 Å². The summed E-state index contributed by atoms with van der Waals surface area (Å²) in [4.78, 5) is 28.4. The predicted octanol–water partition coefficient (Wildman–Crippen LogP) is 2.91. The zero-order chi connectivity index (χ0) is 18.5. The van der Waals surface area contributed by atoms with Gasteiger partial charge in [-0.05, 0) is 61.9 Å². The third kappa shape index (κ3) is 4.85. The van der Waals surface area contributed by atoms with Crippen molar-refractivity contribution in [3.63, 3.8) is 0 Å². The van der Waals surface area contributed by atoms with E-state index in [2.05, 4.69) is 24.1 Å². The average Bonchev–Trinajstić information content (AvgIpc) is 3.04. The van der Waals surface area contributed by atoms with Crippen molar-refractivity contribution in [3.05, 3.63) is 29.8 Å². The fraction of sp³-hybridized carbons (Fsp3) is 0.619. The molecule has 0 bridgehead atoms. The first kappa shape index (κ1) is 18.9. The Labute approximate surface area is 156 Å². The molecule has 1 aromatic carbocycles. The van der Waals surface area contributed by atoms with Crippen molar-refractivity contribution in [1.82, 2.24) is 10.2 Å². The SMILES string of the molecule is C[C@@H]1C[C@@H](C)CN(CCCNC(=O)c2ccc(N3CCCC3=O)cc2)C1. The zero-order valence-corrected chi connectivity index (χ0v) is 16.0. The van der Waals surface area contributed by atoms with E-state index in [1.165, 1.54) is 19.5 Å². The number of anilines is 1. The molecule has 26 heavy (non-hydrogen) atoms. The van der Waals surface area contributed by atoms with Crippen LogP contribution in [0.5, 0.6) is 0 Å². The summed E-state index contributed by atoms with van der Waals surface area (Å²) < 4.78 is 0. The van der Waals surface area contributed by atoms with Gasteiger partial charge in [-0.3, -0.25) is 9.59 Å². The van der Waals surface area contributed by atoms with Crippen molar-refractivity contribution in [2.45, 2.75) is 39.5 Å². The van der Waals surface area contributed by atoms with Crippen molar-refractivity contribution >= 4 is 17.5 Å². The average molecular weight is 357 g/mol. The minimum atomic E-state index is -0.0373. The van der Waals surface area contributed by atoms with E-state index >= 15 is 0 Å². The van der Waals surface area contributed by atoms with Crippen LogP contribution in [0.15, 0.2) is 24.3 Å². The summed E-state index contributed by atoms with van der Waals surface area (Å²) in [6.07, 6.45) is 3.84. The first-order valence-electron chi connectivity index (χ1n) is 9.94. The predicted molar refractivity (Wildman–Crippen MR) is 104 cm³/mol. The van der Waals surface area contributed by atoms with Crippen LogP contribution in [0.2, 0.25) is 0 Å². The lowest BCUT2D eigenvalue weighted by Crippen LogP contribution is -2.40. The van der Waals surface area contributed by atoms with E-state index in [9.17, 15) is 9.59 Å². The van der Waals surface area contributed by atoms with Gasteiger partial charge < -0.3 is 15.1 Å². The Morgan fingerprint density at radius 1 is 1.15 bits per heavy atom. The quantitative estimate of drug-likeness (QED) is 0.797. The van der Waals surface area contributed by atoms with Crippen LogP contribution in [0, 0.1) is 11.8 Å². The molecule has 142 valence electrons. The van der Waals surface area contributed by atoms with Crippen LogP contribution in [0.25, 0.3) is 0 Å². The van der Waals surface area contributed by atoms with E-state index in [-0.39, 0.29) is 11.8 Å². The van der Waals surface area contributed by atoms with Gasteiger partial charge in [-0.25, -0.2) is 0 Å². The number of hydrogen-bond donors (Lipinski definition) is 1. The topological polar surface area (TPSA) is 52.7 Å². The van der Waals surface area contributed by atoms with E-state index in [1.807, 2.05) is 24.3 Å². The highest BCUT2D eigenvalue weighted by atomic mass is 16.2. The molecule has 0 aliphatic carbocycles. The minimum Gasteiger partial charge on any atom is -0.352 e. The Hall–Kier alpha value is -1.88. The summed E-state index contributed by atoms with van der Waals surface area (Å²) in [5.41, 5.74) is 1.54. The Morgan fingerprint density at radius 3 is 2.46 bits per heavy atom. The number of carbonyl (C=O) groups excluding carboxylic acids is 2. The lowest BCUT2D eigenvalue weighted by molar-refractivity contribution is -0.117. The zero-order valence-electron chi connectivity index (χ0n) is 16.0. The fourth-order valence-electron chi connectivity index (χ4n) is 4.30. The lowest BCUT2D eigenvalue weighted by atomic mass is 9.92. The largest absolute Gasteiger partial charge is 0.352 e. The van der Waals surface area contributed by atoms with Crippen LogP contribution < -0.4 is 10.2 Å². The van der Waals surface area contributed by atoms with Gasteiger partial charge in [0.2, 0.25) is 5.91 Å². The van der Waals surface area contributed by atoms with Gasteiger partial charge in [-0.1, -0.05) is 13.8 Å². The van der Waals surface area contributed by atoms with Crippen molar-refractivity contribution in [1.29, 1.82) is 0 Å². The van der Waals surface area contributed by atoms with Crippen molar-refractivity contribution < 1.29 is 9.59 Å². The van der Waals surface area contributed by atoms with Crippen LogP contribution in [0.3, 0.4) is 0 Å². The third-order valence-electron chi connectivity index (χ3n) is 5.40. The van der Waals surface area contributed by atoms with Gasteiger partial charge in [-0.2, -0.15) is 0 Å². The molecule has 0 saturated carbocycles. The van der Waals surface area contributed by atoms with Crippen LogP contribution in [0.1, 0.15) is 49.9 Å². The fourth-order valence-corrected chi connectivity index (χ4v) is 4.30. The molecule has 0 aromatic heterocycles. The van der Waals surface area contributed by atoms with E-state index in [0.717, 1.165) is 43.5 Å². The summed E-state index contributed by atoms with van der Waals surface area (Å²) in [5.74, 6) is 1.68. The molecule has 2 heterocycles. The second-order valence-corrected chi connectivity index (χ2v) is 8.01. The molecule has 0 radical (unpaired) electrons. The number of benzene rings is 1. The van der Waals surface area contributed by atoms with Gasteiger partial charge in [-0.15, -0.1) is 0 Å². The van der Waals surface area contributed by atoms with Gasteiger partial charge >= 0.3 is 0 Å². The maximum Gasteiger partial charge on any atom is 0.251 e. The molecule has 1 aromatic rings. The van der Waals surface area contributed by atoms with E-state index in [1.54, 1.807) is 4.90 Å². The Kier molecular flexibility index (Phi) is 6.30. The highest BCUT2D eigenvalue weighted by Crippen LogP contribution is 2.22. The summed E-state index contributed by atoms with van der Waals surface area (Å²) in [7, 11) is 0. The highest BCUT2D eigenvalue weighted by molar-refractivity contribution is 5.97. The molecule has 2 fully saturated rings. The lowest BCUT2D eigenvalue weighted by Gasteiger charge is -2.34. The summed E-state index contributed by atoms with van der Waals surface area (Å²) in [6.45, 7) is 9.52. The molecule has 0 unspecified atom stereocenters. The second-order valence-electron chi connectivity index (χ2n) is 8.01. The molecule has 2 aliphatic rings. The number of likely N-dealkylation sites (tertiary alicyclic amines) is 1. The molecule has 1 N–H and O–H groups in total. The monoisotopic (exact) mass is 357 g/mol. The van der Waals surface area contributed by atoms with Crippen molar-refractivity contribution in [2.75, 3.05) is 37.6 Å². The number of hydrogen-bond acceptors (Lipinski definition) is 3. The summed E-state index contributed by atoms with van der Waals surface area (Å²) in [5, 5.41) is 3.01. The Balaban J connectivity index is 1.41. The second kappa shape index (κ2) is 8.67. The smallest absolute Gasteiger partial charge is 0.251 e. The van der Waals surface area contributed by atoms with Gasteiger partial charge in [0.1, 0.15) is 0 Å². The maximum absolute atomic E-state index is 12.3. The Bertz CT molecular complexity index is 619. The molecule has 2 aliphatic heterocycles. The standard InChI is InChI=1S/C21H31N3O2/c1-16-13-17(2)15-23(14-16)11-4-10-22-21(26)18-6-8-19(9-7-18)24-12-3-5-20(24)25/h6-9,16-17H,3-5,10-15H2,1-2H3,(H,22,26)/t16-,17-/m1/s1. The van der Waals surface area contributed by atoms with E-state index in [4.69, 9.17) is 0 Å². The van der Waals surface area contributed by atoms with Crippen LogP contribution in [-0.4, -0.2) is 49.4 Å². The molecular weight excluding hydrogens is 326 g/mol. The van der Waals surface area contributed by atoms with Gasteiger partial charge in [0.25, 0.3) is 5.91 Å². The van der Waals surface area contributed by atoms with E-state index in [0.29, 0.717) is 18.5 Å². The minimum absolute atomic E-state index is 0.0373. The maximum atomic E-state index is 12.3. The summed E-state index contributed by atoms with van der Waals surface area (Å²) in [6, 6.07) is 7.36. The number of nitrogens with zero attached hydrogens (tertiary/aromatic N) is 2. The molecule has 3 rings (SSSR count). The molecule has 2 saturated heterocycles. The van der Waals surface area contributed by atoms with Crippen molar-refractivity contribution in [2.24, 2.45) is 11.8 Å². The van der Waals surface area contributed by atoms with Crippen LogP contribution in [-0.2, 0) is 4.79 Å². The molecule has 5 heteroatoms. The number of carbonyl (C=O) groups is 2.